The van der Waals surface area contributed by atoms with E-state index in [1.54, 1.807) is 0 Å². The van der Waals surface area contributed by atoms with Crippen molar-refractivity contribution in [2.24, 2.45) is 5.92 Å². The molecule has 0 bridgehead atoms. The fraction of sp³-hybridized carbons (Fsp3) is 0.688. The lowest BCUT2D eigenvalue weighted by molar-refractivity contribution is -0.128. The number of aromatic nitrogens is 2. The van der Waals surface area contributed by atoms with Crippen LogP contribution in [0, 0.1) is 12.8 Å². The van der Waals surface area contributed by atoms with E-state index in [9.17, 15) is 4.79 Å². The highest BCUT2D eigenvalue weighted by Crippen LogP contribution is 2.26. The van der Waals surface area contributed by atoms with Crippen LogP contribution in [0.15, 0.2) is 6.07 Å². The lowest BCUT2D eigenvalue weighted by Gasteiger charge is -2.27. The van der Waals surface area contributed by atoms with Crippen LogP contribution in [0.4, 0.5) is 11.8 Å². The van der Waals surface area contributed by atoms with Crippen LogP contribution in [0.1, 0.15) is 44.2 Å². The molecule has 2 fully saturated rings. The maximum atomic E-state index is 12.2. The smallest absolute Gasteiger partial charge is 0.224 e. The number of carbonyl (C=O) groups is 1. The third-order valence-corrected chi connectivity index (χ3v) is 4.64. The maximum Gasteiger partial charge on any atom is 0.224 e. The van der Waals surface area contributed by atoms with Gasteiger partial charge in [0.15, 0.2) is 0 Å². The quantitative estimate of drug-likeness (QED) is 0.888. The molecule has 3 rings (SSSR count). The van der Waals surface area contributed by atoms with E-state index in [0.29, 0.717) is 18.2 Å². The van der Waals surface area contributed by atoms with Crippen molar-refractivity contribution < 1.29 is 4.79 Å². The van der Waals surface area contributed by atoms with Gasteiger partial charge in [0.1, 0.15) is 5.82 Å². The second kappa shape index (κ2) is 6.50. The van der Waals surface area contributed by atoms with Gasteiger partial charge in [-0.3, -0.25) is 4.79 Å². The number of hydrogen-bond donors (Lipinski definition) is 2. The summed E-state index contributed by atoms with van der Waals surface area (Å²) < 4.78 is 0. The first-order valence-electron chi connectivity index (χ1n) is 8.25. The zero-order chi connectivity index (χ0) is 15.5. The normalized spacial score (nSPS) is 23.0. The van der Waals surface area contributed by atoms with Crippen LogP contribution in [-0.2, 0) is 4.79 Å². The van der Waals surface area contributed by atoms with Gasteiger partial charge < -0.3 is 16.0 Å². The number of aryl methyl sites for hydroxylation is 1. The molecule has 2 heterocycles. The van der Waals surface area contributed by atoms with Gasteiger partial charge >= 0.3 is 0 Å². The van der Waals surface area contributed by atoms with E-state index in [4.69, 9.17) is 5.73 Å². The summed E-state index contributed by atoms with van der Waals surface area (Å²) in [4.78, 5) is 22.5. The Morgan fingerprint density at radius 2 is 2.09 bits per heavy atom. The van der Waals surface area contributed by atoms with Crippen LogP contribution in [0.25, 0.3) is 0 Å². The van der Waals surface area contributed by atoms with Crippen molar-refractivity contribution in [3.63, 3.8) is 0 Å². The fourth-order valence-corrected chi connectivity index (χ4v) is 3.60. The molecule has 1 aromatic rings. The SMILES string of the molecule is Cc1cc(N[C@H]2CC(=O)N(CC3CCCCC3)C2)nc(N)n1. The third-order valence-electron chi connectivity index (χ3n) is 4.64. The molecule has 1 aromatic heterocycles. The number of nitrogens with two attached hydrogens (primary N) is 1. The molecular weight excluding hydrogens is 278 g/mol. The molecule has 0 spiro atoms. The molecule has 0 unspecified atom stereocenters. The molecule has 1 atom stereocenters. The number of anilines is 2. The summed E-state index contributed by atoms with van der Waals surface area (Å²) >= 11 is 0. The average Bonchev–Trinajstić information content (AvgIpc) is 2.78. The van der Waals surface area contributed by atoms with E-state index >= 15 is 0 Å². The lowest BCUT2D eigenvalue weighted by atomic mass is 9.89. The topological polar surface area (TPSA) is 84.1 Å². The molecule has 6 nitrogen and oxygen atoms in total. The molecule has 120 valence electrons. The Balaban J connectivity index is 1.56. The molecule has 1 amide bonds. The van der Waals surface area contributed by atoms with Crippen molar-refractivity contribution in [1.82, 2.24) is 14.9 Å². The molecule has 0 radical (unpaired) electrons. The Hall–Kier alpha value is -1.85. The van der Waals surface area contributed by atoms with Crippen LogP contribution in [-0.4, -0.2) is 39.9 Å². The molecule has 1 saturated carbocycles. The Morgan fingerprint density at radius 1 is 1.32 bits per heavy atom. The van der Waals surface area contributed by atoms with Crippen LogP contribution in [0.5, 0.6) is 0 Å². The summed E-state index contributed by atoms with van der Waals surface area (Å²) in [6.07, 6.45) is 7.05. The minimum Gasteiger partial charge on any atom is -0.368 e. The fourth-order valence-electron chi connectivity index (χ4n) is 3.60. The number of rotatable bonds is 4. The van der Waals surface area contributed by atoms with Gasteiger partial charge in [-0.25, -0.2) is 4.98 Å². The van der Waals surface area contributed by atoms with Gasteiger partial charge in [0.2, 0.25) is 11.9 Å². The van der Waals surface area contributed by atoms with Crippen molar-refractivity contribution in [3.05, 3.63) is 11.8 Å². The van der Waals surface area contributed by atoms with Gasteiger partial charge in [0, 0.05) is 31.3 Å². The standard InChI is InChI=1S/C16H25N5O/c1-11-7-14(20-16(17)18-11)19-13-8-15(22)21(10-13)9-12-5-3-2-4-6-12/h7,12-13H,2-6,8-10H2,1H3,(H3,17,18,19,20)/t13-/m0/s1. The molecule has 1 aliphatic heterocycles. The number of nitrogens with one attached hydrogen (secondary N) is 1. The molecule has 2 aliphatic rings. The van der Waals surface area contributed by atoms with Gasteiger partial charge in [-0.05, 0) is 25.7 Å². The van der Waals surface area contributed by atoms with Crippen LogP contribution >= 0.6 is 0 Å². The predicted octanol–water partition coefficient (Wildman–Crippen LogP) is 1.96. The molecule has 22 heavy (non-hydrogen) atoms. The Labute approximate surface area is 131 Å². The first-order chi connectivity index (χ1) is 10.6. The largest absolute Gasteiger partial charge is 0.368 e. The average molecular weight is 303 g/mol. The number of carbonyl (C=O) groups excluding carboxylic acids is 1. The number of likely N-dealkylation sites (tertiary alicyclic amines) is 1. The highest BCUT2D eigenvalue weighted by Gasteiger charge is 2.31. The molecule has 1 saturated heterocycles. The summed E-state index contributed by atoms with van der Waals surface area (Å²) in [6.45, 7) is 3.57. The molecule has 0 aromatic carbocycles. The number of hydrogen-bond acceptors (Lipinski definition) is 5. The molecular formula is C16H25N5O. The molecule has 6 heteroatoms. The number of nitrogens with zero attached hydrogens (tertiary/aromatic N) is 3. The second-order valence-corrected chi connectivity index (χ2v) is 6.60. The van der Waals surface area contributed by atoms with E-state index in [1.807, 2.05) is 17.9 Å². The van der Waals surface area contributed by atoms with Crippen LogP contribution in [0.2, 0.25) is 0 Å². The van der Waals surface area contributed by atoms with Gasteiger partial charge in [-0.15, -0.1) is 0 Å². The zero-order valence-corrected chi connectivity index (χ0v) is 13.2. The maximum absolute atomic E-state index is 12.2. The Bertz CT molecular complexity index is 521. The third kappa shape index (κ3) is 3.67. The van der Waals surface area contributed by atoms with Crippen molar-refractivity contribution in [2.45, 2.75) is 51.5 Å². The van der Waals surface area contributed by atoms with Gasteiger partial charge in [-0.2, -0.15) is 4.98 Å². The van der Waals surface area contributed by atoms with E-state index in [-0.39, 0.29) is 17.9 Å². The lowest BCUT2D eigenvalue weighted by Crippen LogP contribution is -2.33. The van der Waals surface area contributed by atoms with Crippen molar-refractivity contribution >= 4 is 17.7 Å². The minimum atomic E-state index is 0.116. The Morgan fingerprint density at radius 3 is 2.82 bits per heavy atom. The van der Waals surface area contributed by atoms with E-state index in [0.717, 1.165) is 18.8 Å². The number of amides is 1. The van der Waals surface area contributed by atoms with Crippen molar-refractivity contribution in [2.75, 3.05) is 24.1 Å². The molecule has 3 N–H and O–H groups in total. The first-order valence-corrected chi connectivity index (χ1v) is 8.25. The van der Waals surface area contributed by atoms with Crippen LogP contribution < -0.4 is 11.1 Å². The predicted molar refractivity (Wildman–Crippen MR) is 86.4 cm³/mol. The van der Waals surface area contributed by atoms with E-state index in [2.05, 4.69) is 15.3 Å². The van der Waals surface area contributed by atoms with Gasteiger partial charge in [-0.1, -0.05) is 19.3 Å². The van der Waals surface area contributed by atoms with Gasteiger partial charge in [0.05, 0.1) is 6.04 Å². The summed E-state index contributed by atoms with van der Waals surface area (Å²) in [5, 5.41) is 3.33. The van der Waals surface area contributed by atoms with Crippen molar-refractivity contribution in [1.29, 1.82) is 0 Å². The summed E-state index contributed by atoms with van der Waals surface area (Å²) in [5.74, 6) is 1.92. The summed E-state index contributed by atoms with van der Waals surface area (Å²) in [7, 11) is 0. The summed E-state index contributed by atoms with van der Waals surface area (Å²) in [6, 6.07) is 1.98. The minimum absolute atomic E-state index is 0.116. The van der Waals surface area contributed by atoms with Crippen molar-refractivity contribution in [3.8, 4) is 0 Å². The monoisotopic (exact) mass is 303 g/mol. The second-order valence-electron chi connectivity index (χ2n) is 6.60. The highest BCUT2D eigenvalue weighted by atomic mass is 16.2. The number of nitrogen functional groups attached to an aromatic ring is 1. The Kier molecular flexibility index (Phi) is 4.45. The highest BCUT2D eigenvalue weighted by molar-refractivity contribution is 5.80. The zero-order valence-electron chi connectivity index (χ0n) is 13.2. The summed E-state index contributed by atoms with van der Waals surface area (Å²) in [5.41, 5.74) is 6.50. The first kappa shape index (κ1) is 15.1. The van der Waals surface area contributed by atoms with Crippen LogP contribution in [0.3, 0.4) is 0 Å². The molecule has 1 aliphatic carbocycles. The van der Waals surface area contributed by atoms with E-state index < -0.39 is 0 Å². The van der Waals surface area contributed by atoms with Gasteiger partial charge in [0.25, 0.3) is 0 Å². The van der Waals surface area contributed by atoms with E-state index in [1.165, 1.54) is 32.1 Å².